The van der Waals surface area contributed by atoms with Crippen molar-refractivity contribution in [1.29, 1.82) is 0 Å². The summed E-state index contributed by atoms with van der Waals surface area (Å²) in [5.74, 6) is 0. The molecule has 1 aliphatic heterocycles. The molecular weight excluding hydrogens is 64.0 g/mol. The molecular formula is C3H8N2. The van der Waals surface area contributed by atoms with Crippen LogP contribution >= 0.6 is 0 Å². The third kappa shape index (κ3) is 0.597. The number of hydrogen-bond acceptors (Lipinski definition) is 2. The molecule has 0 amide bonds. The summed E-state index contributed by atoms with van der Waals surface area (Å²) in [7, 11) is 0. The van der Waals surface area contributed by atoms with Crippen LogP contribution in [-0.4, -0.2) is 19.7 Å². The lowest BCUT2D eigenvalue weighted by Gasteiger charge is -1.77. The highest BCUT2D eigenvalue weighted by molar-refractivity contribution is 4.55. The maximum absolute atomic E-state index is 6.96. The Morgan fingerprint density at radius 2 is 2.60 bits per heavy atom. The maximum atomic E-state index is 6.96. The van der Waals surface area contributed by atoms with Crippen molar-refractivity contribution in [1.82, 2.24) is 10.6 Å². The van der Waals surface area contributed by atoms with Crippen molar-refractivity contribution in [2.24, 2.45) is 0 Å². The Morgan fingerprint density at radius 3 is 2.80 bits per heavy atom. The van der Waals surface area contributed by atoms with Crippen LogP contribution in [0.3, 0.4) is 0 Å². The normalized spacial score (nSPS) is 41.6. The Kier molecular flexibility index (Phi) is 0.596. The zero-order valence-electron chi connectivity index (χ0n) is 3.99. The van der Waals surface area contributed by atoms with E-state index in [0.717, 1.165) is 13.2 Å². The van der Waals surface area contributed by atoms with Gasteiger partial charge < -0.3 is 10.6 Å². The van der Waals surface area contributed by atoms with E-state index < -0.39 is 0 Å². The molecule has 1 fully saturated rings. The van der Waals surface area contributed by atoms with Gasteiger partial charge in [0.1, 0.15) is 0 Å². The first kappa shape index (κ1) is 2.16. The Morgan fingerprint density at radius 1 is 1.60 bits per heavy atom. The van der Waals surface area contributed by atoms with E-state index in [9.17, 15) is 0 Å². The van der Waals surface area contributed by atoms with Crippen LogP contribution in [-0.2, 0) is 0 Å². The van der Waals surface area contributed by atoms with Gasteiger partial charge in [0.25, 0.3) is 0 Å². The third-order valence-corrected chi connectivity index (χ3v) is 0.618. The molecule has 0 aliphatic carbocycles. The summed E-state index contributed by atoms with van der Waals surface area (Å²) >= 11 is 0. The van der Waals surface area contributed by atoms with Crippen LogP contribution < -0.4 is 10.6 Å². The van der Waals surface area contributed by atoms with Gasteiger partial charge in [-0.15, -0.1) is 0 Å². The zero-order chi connectivity index (χ0) is 4.41. The lowest BCUT2D eigenvalue weighted by molar-refractivity contribution is 0.807. The molecule has 2 nitrogen and oxygen atoms in total. The molecule has 1 rings (SSSR count). The summed E-state index contributed by atoms with van der Waals surface area (Å²) in [6.45, 7) is 1.53. The molecule has 1 saturated heterocycles. The Labute approximate surface area is 33.0 Å². The predicted molar refractivity (Wildman–Crippen MR) is 20.9 cm³/mol. The smallest absolute Gasteiger partial charge is 0.0455 e. The van der Waals surface area contributed by atoms with Crippen LogP contribution in [0, 0.1) is 0 Å². The standard InChI is InChI=1S/C3H8N2/c1-2-5-3-4-1/h4-5H,1-3H2/i1D/t1-/m0/s1. The largest absolute Gasteiger partial charge is 0.303 e. The van der Waals surface area contributed by atoms with E-state index in [-0.39, 0.29) is 6.52 Å². The van der Waals surface area contributed by atoms with Crippen LogP contribution in [0.4, 0.5) is 0 Å². The van der Waals surface area contributed by atoms with Crippen LogP contribution in [0.1, 0.15) is 1.37 Å². The fraction of sp³-hybridized carbons (Fsp3) is 1.00. The molecule has 0 saturated carbocycles. The van der Waals surface area contributed by atoms with Crippen LogP contribution in [0.15, 0.2) is 0 Å². The topological polar surface area (TPSA) is 24.1 Å². The van der Waals surface area contributed by atoms with Gasteiger partial charge in [-0.1, -0.05) is 0 Å². The number of hydrogen-bond donors (Lipinski definition) is 2. The molecule has 0 aromatic heterocycles. The van der Waals surface area contributed by atoms with E-state index in [4.69, 9.17) is 1.37 Å². The molecule has 5 heavy (non-hydrogen) atoms. The van der Waals surface area contributed by atoms with Crippen molar-refractivity contribution in [3.63, 3.8) is 0 Å². The van der Waals surface area contributed by atoms with E-state index in [0.29, 0.717) is 0 Å². The summed E-state index contributed by atoms with van der Waals surface area (Å²) in [5.41, 5.74) is 0. The molecule has 2 N–H and O–H groups in total. The lowest BCUT2D eigenvalue weighted by atomic mass is 10.7. The minimum atomic E-state index is -0.0648. The van der Waals surface area contributed by atoms with Crippen molar-refractivity contribution in [3.05, 3.63) is 0 Å². The minimum absolute atomic E-state index is 0.0648. The second kappa shape index (κ2) is 1.38. The molecule has 1 atom stereocenters. The fourth-order valence-corrected chi connectivity index (χ4v) is 0.361. The van der Waals surface area contributed by atoms with Gasteiger partial charge in [0.15, 0.2) is 0 Å². The highest BCUT2D eigenvalue weighted by Crippen LogP contribution is 1.62. The molecule has 2 heteroatoms. The summed E-state index contributed by atoms with van der Waals surface area (Å²) in [6, 6.07) is 0. The summed E-state index contributed by atoms with van der Waals surface area (Å²) in [5, 5.41) is 5.85. The van der Waals surface area contributed by atoms with Crippen LogP contribution in [0.25, 0.3) is 0 Å². The molecule has 1 aliphatic rings. The van der Waals surface area contributed by atoms with E-state index in [1.54, 1.807) is 0 Å². The second-order valence-corrected chi connectivity index (χ2v) is 1.04. The Balaban J connectivity index is 2.18. The van der Waals surface area contributed by atoms with Gasteiger partial charge in [0, 0.05) is 21.1 Å². The van der Waals surface area contributed by atoms with E-state index in [1.807, 2.05) is 0 Å². The van der Waals surface area contributed by atoms with Crippen molar-refractivity contribution in [3.8, 4) is 0 Å². The fourth-order valence-electron chi connectivity index (χ4n) is 0.361. The summed E-state index contributed by atoms with van der Waals surface area (Å²) in [4.78, 5) is 0. The van der Waals surface area contributed by atoms with Crippen LogP contribution in [0.5, 0.6) is 0 Å². The van der Waals surface area contributed by atoms with Gasteiger partial charge >= 0.3 is 0 Å². The van der Waals surface area contributed by atoms with E-state index in [2.05, 4.69) is 10.6 Å². The first-order valence-corrected chi connectivity index (χ1v) is 1.76. The first-order valence-electron chi connectivity index (χ1n) is 2.33. The van der Waals surface area contributed by atoms with Crippen LogP contribution in [0.2, 0.25) is 0 Å². The minimum Gasteiger partial charge on any atom is -0.303 e. The zero-order valence-corrected chi connectivity index (χ0v) is 2.99. The molecule has 30 valence electrons. The quantitative estimate of drug-likeness (QED) is 0.390. The van der Waals surface area contributed by atoms with Gasteiger partial charge in [-0.05, 0) is 0 Å². The molecule has 0 spiro atoms. The summed E-state index contributed by atoms with van der Waals surface area (Å²) < 4.78 is 6.96. The van der Waals surface area contributed by atoms with Gasteiger partial charge in [-0.25, -0.2) is 0 Å². The maximum Gasteiger partial charge on any atom is 0.0455 e. The molecule has 0 unspecified atom stereocenters. The lowest BCUT2D eigenvalue weighted by Crippen LogP contribution is -2.11. The number of rotatable bonds is 0. The average Bonchev–Trinajstić information content (AvgIpc) is 1.86. The van der Waals surface area contributed by atoms with Gasteiger partial charge in [0.2, 0.25) is 0 Å². The SMILES string of the molecule is [2H][C@H]1CNCN1. The highest BCUT2D eigenvalue weighted by Gasteiger charge is 1.90. The average molecular weight is 73.1 g/mol. The predicted octanol–water partition coefficient (Wildman–Crippen LogP) is -0.863. The van der Waals surface area contributed by atoms with Crippen molar-refractivity contribution < 1.29 is 1.37 Å². The highest BCUT2D eigenvalue weighted by atomic mass is 15.1. The Hall–Kier alpha value is -0.0800. The molecule has 0 aromatic carbocycles. The monoisotopic (exact) mass is 73.1 g/mol. The number of nitrogens with one attached hydrogen (secondary N) is 2. The van der Waals surface area contributed by atoms with Gasteiger partial charge in [0.05, 0.1) is 0 Å². The first-order chi connectivity index (χ1) is 2.89. The molecule has 0 radical (unpaired) electrons. The van der Waals surface area contributed by atoms with Gasteiger partial charge in [-0.2, -0.15) is 0 Å². The third-order valence-electron chi connectivity index (χ3n) is 0.618. The Bertz CT molecular complexity index is 42.1. The van der Waals surface area contributed by atoms with Crippen molar-refractivity contribution in [2.75, 3.05) is 19.7 Å². The second-order valence-electron chi connectivity index (χ2n) is 1.04. The summed E-state index contributed by atoms with van der Waals surface area (Å²) in [6.07, 6.45) is 0. The van der Waals surface area contributed by atoms with E-state index in [1.165, 1.54) is 0 Å². The van der Waals surface area contributed by atoms with Gasteiger partial charge in [-0.3, -0.25) is 0 Å². The van der Waals surface area contributed by atoms with Crippen molar-refractivity contribution in [2.45, 2.75) is 0 Å². The molecule has 1 heterocycles. The molecule has 0 aromatic rings. The van der Waals surface area contributed by atoms with E-state index >= 15 is 0 Å². The molecule has 0 bridgehead atoms. The van der Waals surface area contributed by atoms with Crippen molar-refractivity contribution >= 4 is 0 Å².